The van der Waals surface area contributed by atoms with Crippen molar-refractivity contribution < 1.29 is 18.8 Å². The molecule has 1 saturated heterocycles. The fraction of sp³-hybridized carbons (Fsp3) is 0.577. The number of benzene rings is 1. The predicted molar refractivity (Wildman–Crippen MR) is 121 cm³/mol. The smallest absolute Gasteiger partial charge is 0.259 e. The summed E-state index contributed by atoms with van der Waals surface area (Å²) in [5.41, 5.74) is -0.641. The molecule has 1 aromatic carbocycles. The van der Waals surface area contributed by atoms with Crippen LogP contribution in [0.15, 0.2) is 53.1 Å². The van der Waals surface area contributed by atoms with Crippen molar-refractivity contribution in [3.05, 3.63) is 60.1 Å². The van der Waals surface area contributed by atoms with Crippen LogP contribution in [0.4, 0.5) is 0 Å². The predicted octanol–water partition coefficient (Wildman–Crippen LogP) is 3.97. The summed E-state index contributed by atoms with van der Waals surface area (Å²) in [6, 6.07) is 14.1. The number of carbonyl (C=O) groups is 1. The third kappa shape index (κ3) is 4.58. The highest BCUT2D eigenvalue weighted by Crippen LogP contribution is 2.42. The number of carbonyl (C=O) groups excluding carboxylic acids is 1. The number of nitrogens with zero attached hydrogens (tertiary/aromatic N) is 2. The summed E-state index contributed by atoms with van der Waals surface area (Å²) >= 11 is 0. The van der Waals surface area contributed by atoms with Crippen molar-refractivity contribution in [2.45, 2.75) is 56.6 Å². The topological polar surface area (TPSA) is 53.7 Å². The maximum atomic E-state index is 13.7. The first-order valence-electron chi connectivity index (χ1n) is 11.8. The fourth-order valence-electron chi connectivity index (χ4n) is 5.61. The average molecular weight is 426 g/mol. The van der Waals surface area contributed by atoms with E-state index in [0.29, 0.717) is 19.1 Å². The van der Waals surface area contributed by atoms with E-state index in [1.54, 1.807) is 6.26 Å². The molecule has 2 aromatic rings. The summed E-state index contributed by atoms with van der Waals surface area (Å²) in [6.45, 7) is 2.45. The number of amides is 1. The van der Waals surface area contributed by atoms with E-state index in [2.05, 4.69) is 14.1 Å². The summed E-state index contributed by atoms with van der Waals surface area (Å²) in [5.74, 6) is 0.953. The third-order valence-corrected chi connectivity index (χ3v) is 7.74. The number of likely N-dealkylation sites (N-methyl/N-ethyl adjacent to an activating group) is 1. The van der Waals surface area contributed by atoms with Gasteiger partial charge in [0.15, 0.2) is 5.60 Å². The zero-order valence-corrected chi connectivity index (χ0v) is 19.0. The van der Waals surface area contributed by atoms with Crippen LogP contribution in [0.25, 0.3) is 0 Å². The summed E-state index contributed by atoms with van der Waals surface area (Å²) in [5, 5.41) is 11.8. The van der Waals surface area contributed by atoms with E-state index >= 15 is 0 Å². The molecule has 0 radical (unpaired) electrons. The number of hydrogen-bond donors (Lipinski definition) is 1. The van der Waals surface area contributed by atoms with E-state index in [9.17, 15) is 9.90 Å². The molecule has 0 bridgehead atoms. The zero-order valence-electron chi connectivity index (χ0n) is 19.0. The number of aliphatic hydroxyl groups is 1. The standard InChI is InChI=1S/C26H37N2O3/c1-28(2,19-16-24-13-8-20-31-24)23-14-17-27(18-15-23)25(29)26(30,22-11-6-7-12-22)21-9-4-3-5-10-21/h3-5,8-10,13,20,22-23,30H,6-7,11-12,14-19H2,1-2H3/q+1. The molecule has 1 unspecified atom stereocenters. The third-order valence-electron chi connectivity index (χ3n) is 7.74. The van der Waals surface area contributed by atoms with Crippen LogP contribution < -0.4 is 0 Å². The second kappa shape index (κ2) is 9.17. The highest BCUT2D eigenvalue weighted by atomic mass is 16.3. The first-order chi connectivity index (χ1) is 14.9. The van der Waals surface area contributed by atoms with Gasteiger partial charge in [-0.2, -0.15) is 0 Å². The van der Waals surface area contributed by atoms with Crippen LogP contribution in [0.3, 0.4) is 0 Å². The maximum absolute atomic E-state index is 13.7. The summed E-state index contributed by atoms with van der Waals surface area (Å²) in [4.78, 5) is 15.6. The molecule has 2 fully saturated rings. The van der Waals surface area contributed by atoms with E-state index in [0.717, 1.165) is 67.3 Å². The Morgan fingerprint density at radius 3 is 2.35 bits per heavy atom. The first-order valence-corrected chi connectivity index (χ1v) is 11.8. The number of quaternary nitrogens is 1. The van der Waals surface area contributed by atoms with Gasteiger partial charge in [-0.1, -0.05) is 43.2 Å². The lowest BCUT2D eigenvalue weighted by Gasteiger charge is -2.45. The Labute approximate surface area is 186 Å². The van der Waals surface area contributed by atoms with Crippen molar-refractivity contribution in [3.63, 3.8) is 0 Å². The molecule has 1 aliphatic carbocycles. The molecule has 5 heteroatoms. The Kier molecular flexibility index (Phi) is 6.54. The van der Waals surface area contributed by atoms with E-state index in [1.807, 2.05) is 47.4 Å². The van der Waals surface area contributed by atoms with Gasteiger partial charge in [-0.05, 0) is 30.5 Å². The Morgan fingerprint density at radius 2 is 1.74 bits per heavy atom. The lowest BCUT2D eigenvalue weighted by atomic mass is 9.78. The molecule has 4 rings (SSSR count). The number of rotatable bonds is 7. The highest BCUT2D eigenvalue weighted by molar-refractivity contribution is 5.87. The minimum absolute atomic E-state index is 0.0145. The van der Waals surface area contributed by atoms with Crippen molar-refractivity contribution in [2.75, 3.05) is 33.7 Å². The molecule has 168 valence electrons. The van der Waals surface area contributed by atoms with Gasteiger partial charge < -0.3 is 18.9 Å². The number of hydrogen-bond acceptors (Lipinski definition) is 3. The summed E-state index contributed by atoms with van der Waals surface area (Å²) < 4.78 is 6.43. The van der Waals surface area contributed by atoms with E-state index < -0.39 is 5.60 Å². The Bertz CT molecular complexity index is 835. The summed E-state index contributed by atoms with van der Waals surface area (Å²) in [6.07, 6.45) is 8.62. The number of furan rings is 1. The van der Waals surface area contributed by atoms with Gasteiger partial charge in [0.05, 0.1) is 39.4 Å². The molecule has 31 heavy (non-hydrogen) atoms. The summed E-state index contributed by atoms with van der Waals surface area (Å²) in [7, 11) is 4.56. The minimum atomic E-state index is -1.39. The normalized spacial score (nSPS) is 20.7. The monoisotopic (exact) mass is 425 g/mol. The molecule has 1 saturated carbocycles. The molecule has 5 nitrogen and oxygen atoms in total. The first kappa shape index (κ1) is 22.1. The molecule has 1 aromatic heterocycles. The van der Waals surface area contributed by atoms with Gasteiger partial charge in [0, 0.05) is 31.8 Å². The van der Waals surface area contributed by atoms with Gasteiger partial charge in [0.25, 0.3) is 5.91 Å². The molecule has 2 aliphatic rings. The second-order valence-corrected chi connectivity index (χ2v) is 9.97. The molecular formula is C26H37N2O3+. The molecule has 1 N–H and O–H groups in total. The fourth-order valence-corrected chi connectivity index (χ4v) is 5.61. The van der Waals surface area contributed by atoms with Crippen LogP contribution in [-0.4, -0.2) is 60.2 Å². The lowest BCUT2D eigenvalue weighted by Crippen LogP contribution is -2.58. The minimum Gasteiger partial charge on any atom is -0.469 e. The molecule has 1 aliphatic heterocycles. The van der Waals surface area contributed by atoms with Gasteiger partial charge in [-0.3, -0.25) is 4.79 Å². The van der Waals surface area contributed by atoms with E-state index in [4.69, 9.17) is 4.42 Å². The average Bonchev–Trinajstić information content (AvgIpc) is 3.52. The van der Waals surface area contributed by atoms with Crippen LogP contribution in [0.5, 0.6) is 0 Å². The highest BCUT2D eigenvalue weighted by Gasteiger charge is 2.49. The van der Waals surface area contributed by atoms with Crippen molar-refractivity contribution in [2.24, 2.45) is 5.92 Å². The quantitative estimate of drug-likeness (QED) is 0.683. The maximum Gasteiger partial charge on any atom is 0.259 e. The Morgan fingerprint density at radius 1 is 1.06 bits per heavy atom. The molecular weight excluding hydrogens is 388 g/mol. The molecule has 2 heterocycles. The van der Waals surface area contributed by atoms with E-state index in [1.165, 1.54) is 0 Å². The van der Waals surface area contributed by atoms with Crippen LogP contribution in [0.2, 0.25) is 0 Å². The van der Waals surface area contributed by atoms with Gasteiger partial charge in [-0.25, -0.2) is 0 Å². The SMILES string of the molecule is C[N+](C)(CCc1ccco1)C1CCN(C(=O)C(O)(c2ccccc2)C2CCCC2)CC1. The van der Waals surface area contributed by atoms with Crippen molar-refractivity contribution in [3.8, 4) is 0 Å². The van der Waals surface area contributed by atoms with Crippen molar-refractivity contribution >= 4 is 5.91 Å². The van der Waals surface area contributed by atoms with Crippen LogP contribution in [0, 0.1) is 5.92 Å². The molecule has 1 atom stereocenters. The number of likely N-dealkylation sites (tertiary alicyclic amines) is 1. The van der Waals surface area contributed by atoms with Crippen LogP contribution in [0.1, 0.15) is 49.8 Å². The Balaban J connectivity index is 1.42. The zero-order chi connectivity index (χ0) is 21.9. The Hall–Kier alpha value is -2.11. The van der Waals surface area contributed by atoms with Gasteiger partial charge in [0.1, 0.15) is 5.76 Å². The number of piperidine rings is 1. The van der Waals surface area contributed by atoms with Crippen molar-refractivity contribution in [1.29, 1.82) is 0 Å². The largest absolute Gasteiger partial charge is 0.469 e. The van der Waals surface area contributed by atoms with Gasteiger partial charge >= 0.3 is 0 Å². The molecule has 1 amide bonds. The molecule has 0 spiro atoms. The lowest BCUT2D eigenvalue weighted by molar-refractivity contribution is -0.916. The van der Waals surface area contributed by atoms with Crippen LogP contribution >= 0.6 is 0 Å². The van der Waals surface area contributed by atoms with Gasteiger partial charge in [0.2, 0.25) is 0 Å². The van der Waals surface area contributed by atoms with Crippen LogP contribution in [-0.2, 0) is 16.8 Å². The van der Waals surface area contributed by atoms with E-state index in [-0.39, 0.29) is 11.8 Å². The second-order valence-electron chi connectivity index (χ2n) is 9.97. The van der Waals surface area contributed by atoms with Crippen molar-refractivity contribution in [1.82, 2.24) is 4.90 Å². The van der Waals surface area contributed by atoms with Gasteiger partial charge in [-0.15, -0.1) is 0 Å².